The summed E-state index contributed by atoms with van der Waals surface area (Å²) in [4.78, 5) is 25.5. The molecule has 0 saturated heterocycles. The number of hydrogen-bond donors (Lipinski definition) is 2. The van der Waals surface area contributed by atoms with Crippen molar-refractivity contribution in [2.45, 2.75) is 51.0 Å². The summed E-state index contributed by atoms with van der Waals surface area (Å²) in [7, 11) is 0. The third-order valence-electron chi connectivity index (χ3n) is 7.67. The lowest BCUT2D eigenvalue weighted by Crippen LogP contribution is -2.57. The van der Waals surface area contributed by atoms with Crippen molar-refractivity contribution >= 4 is 11.8 Å². The molecule has 30 heavy (non-hydrogen) atoms. The number of primary amides is 1. The monoisotopic (exact) mass is 402 g/mol. The van der Waals surface area contributed by atoms with E-state index in [4.69, 9.17) is 5.73 Å². The smallest absolute Gasteiger partial charge is 0.240 e. The van der Waals surface area contributed by atoms with Gasteiger partial charge in [-0.1, -0.05) is 54.6 Å². The van der Waals surface area contributed by atoms with Crippen LogP contribution in [0.4, 0.5) is 0 Å². The van der Waals surface area contributed by atoms with E-state index in [1.807, 2.05) is 30.3 Å². The molecule has 1 atom stereocenters. The molecule has 2 amide bonds. The molecule has 4 bridgehead atoms. The minimum Gasteiger partial charge on any atom is -0.368 e. The van der Waals surface area contributed by atoms with Gasteiger partial charge in [0.25, 0.3) is 0 Å². The molecule has 4 aliphatic carbocycles. The zero-order chi connectivity index (χ0) is 20.7. The van der Waals surface area contributed by atoms with Gasteiger partial charge in [-0.3, -0.25) is 9.59 Å². The Hall–Kier alpha value is -2.62. The van der Waals surface area contributed by atoms with Gasteiger partial charge in [0.1, 0.15) is 6.04 Å². The summed E-state index contributed by atoms with van der Waals surface area (Å²) >= 11 is 0. The van der Waals surface area contributed by atoms with E-state index in [1.165, 1.54) is 19.3 Å². The highest BCUT2D eigenvalue weighted by atomic mass is 16.2. The number of nitrogens with two attached hydrogens (primary N) is 1. The topological polar surface area (TPSA) is 72.2 Å². The first-order valence-corrected chi connectivity index (χ1v) is 11.3. The van der Waals surface area contributed by atoms with E-state index in [0.29, 0.717) is 24.2 Å². The van der Waals surface area contributed by atoms with Crippen LogP contribution in [0.15, 0.2) is 54.6 Å². The van der Waals surface area contributed by atoms with Gasteiger partial charge >= 0.3 is 0 Å². The first kappa shape index (κ1) is 19.3. The van der Waals surface area contributed by atoms with Crippen LogP contribution in [0.3, 0.4) is 0 Å². The SMILES string of the molecule is NC(=O)[C@H](Cc1ccc(-c2ccccc2)cc1)NC(=O)C12CC3CC(CC(C3)C1)C2. The second-order valence-corrected chi connectivity index (χ2v) is 9.89. The van der Waals surface area contributed by atoms with Crippen molar-refractivity contribution in [3.63, 3.8) is 0 Å². The van der Waals surface area contributed by atoms with Crippen molar-refractivity contribution in [1.29, 1.82) is 0 Å². The van der Waals surface area contributed by atoms with Gasteiger partial charge in [0.2, 0.25) is 11.8 Å². The average Bonchev–Trinajstić information content (AvgIpc) is 2.73. The molecule has 0 unspecified atom stereocenters. The maximum absolute atomic E-state index is 13.3. The molecule has 0 heterocycles. The molecule has 4 nitrogen and oxygen atoms in total. The third-order valence-corrected chi connectivity index (χ3v) is 7.67. The molecule has 3 N–H and O–H groups in total. The van der Waals surface area contributed by atoms with Crippen LogP contribution in [0.25, 0.3) is 11.1 Å². The summed E-state index contributed by atoms with van der Waals surface area (Å²) < 4.78 is 0. The predicted octanol–water partition coefficient (Wildman–Crippen LogP) is 4.08. The van der Waals surface area contributed by atoms with E-state index in [2.05, 4.69) is 29.6 Å². The van der Waals surface area contributed by atoms with Gasteiger partial charge in [-0.2, -0.15) is 0 Å². The summed E-state index contributed by atoms with van der Waals surface area (Å²) in [5.41, 5.74) is 8.72. The highest BCUT2D eigenvalue weighted by Crippen LogP contribution is 2.60. The van der Waals surface area contributed by atoms with Gasteiger partial charge in [-0.15, -0.1) is 0 Å². The zero-order valence-electron chi connectivity index (χ0n) is 17.3. The Bertz CT molecular complexity index is 900. The Morgan fingerprint density at radius 3 is 1.93 bits per heavy atom. The molecule has 2 aromatic rings. The van der Waals surface area contributed by atoms with Crippen LogP contribution in [0.2, 0.25) is 0 Å². The Labute approximate surface area is 178 Å². The fourth-order valence-electron chi connectivity index (χ4n) is 6.62. The Morgan fingerprint density at radius 1 is 0.867 bits per heavy atom. The molecule has 4 heteroatoms. The summed E-state index contributed by atoms with van der Waals surface area (Å²) in [5.74, 6) is 1.69. The summed E-state index contributed by atoms with van der Waals surface area (Å²) in [6, 6.07) is 17.7. The molecule has 2 aromatic carbocycles. The van der Waals surface area contributed by atoms with E-state index in [1.54, 1.807) is 0 Å². The number of benzene rings is 2. The zero-order valence-corrected chi connectivity index (χ0v) is 17.3. The number of carbonyl (C=O) groups is 2. The first-order valence-electron chi connectivity index (χ1n) is 11.3. The second kappa shape index (κ2) is 7.57. The van der Waals surface area contributed by atoms with Gasteiger partial charge in [-0.25, -0.2) is 0 Å². The van der Waals surface area contributed by atoms with E-state index < -0.39 is 11.9 Å². The molecule has 4 saturated carbocycles. The maximum Gasteiger partial charge on any atom is 0.240 e. The maximum atomic E-state index is 13.3. The summed E-state index contributed by atoms with van der Waals surface area (Å²) in [6.45, 7) is 0. The second-order valence-electron chi connectivity index (χ2n) is 9.89. The fraction of sp³-hybridized carbons (Fsp3) is 0.462. The van der Waals surface area contributed by atoms with E-state index in [-0.39, 0.29) is 11.3 Å². The van der Waals surface area contributed by atoms with Crippen molar-refractivity contribution < 1.29 is 9.59 Å². The molecule has 4 fully saturated rings. The molecule has 6 rings (SSSR count). The summed E-state index contributed by atoms with van der Waals surface area (Å²) in [6.07, 6.45) is 7.27. The molecule has 0 aliphatic heterocycles. The van der Waals surface area contributed by atoms with Crippen LogP contribution >= 0.6 is 0 Å². The lowest BCUT2D eigenvalue weighted by Gasteiger charge is -2.55. The Kier molecular flexibility index (Phi) is 4.88. The van der Waals surface area contributed by atoms with E-state index in [9.17, 15) is 9.59 Å². The predicted molar refractivity (Wildman–Crippen MR) is 117 cm³/mol. The Morgan fingerprint density at radius 2 is 1.40 bits per heavy atom. The van der Waals surface area contributed by atoms with Crippen molar-refractivity contribution in [2.75, 3.05) is 0 Å². The van der Waals surface area contributed by atoms with Crippen LogP contribution in [-0.4, -0.2) is 17.9 Å². The minimum absolute atomic E-state index is 0.0614. The van der Waals surface area contributed by atoms with Crippen molar-refractivity contribution in [3.05, 3.63) is 60.2 Å². The Balaban J connectivity index is 1.28. The van der Waals surface area contributed by atoms with Crippen LogP contribution in [-0.2, 0) is 16.0 Å². The van der Waals surface area contributed by atoms with Gasteiger partial charge in [0.15, 0.2) is 0 Å². The lowest BCUT2D eigenvalue weighted by molar-refractivity contribution is -0.148. The van der Waals surface area contributed by atoms with Crippen LogP contribution in [0, 0.1) is 23.2 Å². The number of rotatable bonds is 6. The largest absolute Gasteiger partial charge is 0.368 e. The molecule has 156 valence electrons. The summed E-state index contributed by atoms with van der Waals surface area (Å²) in [5, 5.41) is 3.05. The molecule has 4 aliphatic rings. The highest BCUT2D eigenvalue weighted by Gasteiger charge is 2.54. The molecular weight excluding hydrogens is 372 g/mol. The first-order chi connectivity index (χ1) is 14.5. The number of carbonyl (C=O) groups excluding carboxylic acids is 2. The van der Waals surface area contributed by atoms with Crippen LogP contribution in [0.1, 0.15) is 44.1 Å². The third kappa shape index (κ3) is 3.64. The fourth-order valence-corrected chi connectivity index (χ4v) is 6.62. The number of amides is 2. The van der Waals surface area contributed by atoms with Crippen molar-refractivity contribution in [3.8, 4) is 11.1 Å². The molecule has 0 radical (unpaired) electrons. The minimum atomic E-state index is -0.659. The average molecular weight is 403 g/mol. The highest BCUT2D eigenvalue weighted by molar-refractivity contribution is 5.90. The van der Waals surface area contributed by atoms with E-state index in [0.717, 1.165) is 36.0 Å². The lowest BCUT2D eigenvalue weighted by atomic mass is 9.49. The normalized spacial score (nSPS) is 30.1. The number of hydrogen-bond acceptors (Lipinski definition) is 2. The van der Waals surface area contributed by atoms with Crippen LogP contribution < -0.4 is 11.1 Å². The van der Waals surface area contributed by atoms with Gasteiger partial charge in [0, 0.05) is 11.8 Å². The van der Waals surface area contributed by atoms with Crippen molar-refractivity contribution in [2.24, 2.45) is 28.9 Å². The van der Waals surface area contributed by atoms with Gasteiger partial charge < -0.3 is 11.1 Å². The molecule has 0 aromatic heterocycles. The molecule has 0 spiro atoms. The van der Waals surface area contributed by atoms with Gasteiger partial charge in [-0.05, 0) is 73.0 Å². The van der Waals surface area contributed by atoms with E-state index >= 15 is 0 Å². The molecular formula is C26H30N2O2. The number of nitrogens with one attached hydrogen (secondary N) is 1. The van der Waals surface area contributed by atoms with Crippen molar-refractivity contribution in [1.82, 2.24) is 5.32 Å². The van der Waals surface area contributed by atoms with Crippen LogP contribution in [0.5, 0.6) is 0 Å². The van der Waals surface area contributed by atoms with Gasteiger partial charge in [0.05, 0.1) is 0 Å². The quantitative estimate of drug-likeness (QED) is 0.764. The standard InChI is InChI=1S/C26H30N2O2/c27-24(29)23(13-17-6-8-22(9-7-17)21-4-2-1-3-5-21)28-25(30)26-14-18-10-19(15-26)12-20(11-18)16-26/h1-9,18-20,23H,10-16H2,(H2,27,29)(H,28,30)/t18?,19?,20?,23-,26?/m0/s1.